The van der Waals surface area contributed by atoms with Gasteiger partial charge in [-0.15, -0.1) is 0 Å². The van der Waals surface area contributed by atoms with Gasteiger partial charge in [0.2, 0.25) is 0 Å². The zero-order chi connectivity index (χ0) is 14.9. The van der Waals surface area contributed by atoms with E-state index in [1.54, 1.807) is 19.1 Å². The fourth-order valence-corrected chi connectivity index (χ4v) is 2.12. The summed E-state index contributed by atoms with van der Waals surface area (Å²) in [5.41, 5.74) is 0.376. The smallest absolute Gasteiger partial charge is 0.337 e. The summed E-state index contributed by atoms with van der Waals surface area (Å²) in [4.78, 5) is 48.6. The summed E-state index contributed by atoms with van der Waals surface area (Å²) in [6, 6.07) is 4.67. The van der Waals surface area contributed by atoms with Gasteiger partial charge in [-0.25, -0.2) is 4.79 Å². The highest BCUT2D eigenvalue weighted by Crippen LogP contribution is 2.25. The van der Waals surface area contributed by atoms with Gasteiger partial charge in [0.05, 0.1) is 17.7 Å². The first-order chi connectivity index (χ1) is 9.49. The van der Waals surface area contributed by atoms with Gasteiger partial charge in [-0.3, -0.25) is 19.3 Å². The molecule has 0 fully saturated rings. The number of nitrogens with zero attached hydrogens (tertiary/aromatic N) is 1. The fourth-order valence-electron chi connectivity index (χ4n) is 2.12. The Bertz CT molecular complexity index is 572. The number of rotatable bonds is 4. The molecule has 2 amide bonds. The second-order valence-electron chi connectivity index (χ2n) is 4.29. The highest BCUT2D eigenvalue weighted by Gasteiger charge is 2.45. The van der Waals surface area contributed by atoms with Gasteiger partial charge in [0.1, 0.15) is 0 Å². The van der Waals surface area contributed by atoms with Crippen molar-refractivity contribution in [2.45, 2.75) is 19.9 Å². The number of ether oxygens (including phenoxy) is 1. The largest absolute Gasteiger partial charge is 0.464 e. The first-order valence-electron chi connectivity index (χ1n) is 6.13. The summed E-state index contributed by atoms with van der Waals surface area (Å²) in [5, 5.41) is 0. The molecule has 0 N–H and O–H groups in total. The summed E-state index contributed by atoms with van der Waals surface area (Å²) in [6.07, 6.45) is 0. The number of benzene rings is 1. The number of hydrogen-bond acceptors (Lipinski definition) is 5. The molecule has 1 heterocycles. The van der Waals surface area contributed by atoms with Gasteiger partial charge >= 0.3 is 5.97 Å². The van der Waals surface area contributed by atoms with Crippen molar-refractivity contribution >= 4 is 23.6 Å². The number of carbonyl (C=O) groups excluding carboxylic acids is 4. The van der Waals surface area contributed by atoms with Crippen LogP contribution in [0.5, 0.6) is 0 Å². The highest BCUT2D eigenvalue weighted by molar-refractivity contribution is 6.25. The Labute approximate surface area is 115 Å². The molecule has 0 unspecified atom stereocenters. The van der Waals surface area contributed by atoms with E-state index in [-0.39, 0.29) is 17.7 Å². The first-order valence-corrected chi connectivity index (χ1v) is 6.13. The maximum atomic E-state index is 12.2. The standard InChI is InChI=1S/C14H13NO5/c1-3-20-14(19)11(8(2)16)15-12(17)9-6-4-5-7-10(9)13(15)18/h4-7,11H,3H2,1-2H3/t11-/m0/s1. The average molecular weight is 275 g/mol. The maximum Gasteiger partial charge on any atom is 0.337 e. The molecule has 104 valence electrons. The Hall–Kier alpha value is -2.50. The van der Waals surface area contributed by atoms with Crippen LogP contribution in [0.4, 0.5) is 0 Å². The minimum Gasteiger partial charge on any atom is -0.464 e. The summed E-state index contributed by atoms with van der Waals surface area (Å²) < 4.78 is 4.77. The van der Waals surface area contributed by atoms with Gasteiger partial charge in [0.25, 0.3) is 11.8 Å². The van der Waals surface area contributed by atoms with Gasteiger partial charge in [0, 0.05) is 0 Å². The Morgan fingerprint density at radius 1 is 1.15 bits per heavy atom. The number of esters is 1. The number of ketones is 1. The van der Waals surface area contributed by atoms with Crippen LogP contribution in [0.2, 0.25) is 0 Å². The molecule has 6 heteroatoms. The molecule has 0 radical (unpaired) electrons. The summed E-state index contributed by atoms with van der Waals surface area (Å²) in [7, 11) is 0. The average Bonchev–Trinajstić information content (AvgIpc) is 2.65. The Kier molecular flexibility index (Phi) is 3.65. The number of carbonyl (C=O) groups is 4. The molecule has 1 aliphatic rings. The molecule has 1 atom stereocenters. The zero-order valence-electron chi connectivity index (χ0n) is 11.1. The van der Waals surface area contributed by atoms with Gasteiger partial charge in [-0.05, 0) is 26.0 Å². The van der Waals surface area contributed by atoms with Crippen LogP contribution in [0.15, 0.2) is 24.3 Å². The van der Waals surface area contributed by atoms with Gasteiger partial charge in [-0.2, -0.15) is 0 Å². The molecule has 1 aromatic rings. The number of fused-ring (bicyclic) bond motifs is 1. The van der Waals surface area contributed by atoms with Crippen LogP contribution in [0.25, 0.3) is 0 Å². The second kappa shape index (κ2) is 5.24. The van der Waals surface area contributed by atoms with Crippen molar-refractivity contribution < 1.29 is 23.9 Å². The van der Waals surface area contributed by atoms with E-state index in [1.165, 1.54) is 12.1 Å². The molecule has 0 saturated heterocycles. The minimum absolute atomic E-state index is 0.0613. The van der Waals surface area contributed by atoms with Gasteiger partial charge < -0.3 is 4.74 Å². The number of hydrogen-bond donors (Lipinski definition) is 0. The summed E-state index contributed by atoms with van der Waals surface area (Å²) in [5.74, 6) is -2.81. The second-order valence-corrected chi connectivity index (χ2v) is 4.29. The van der Waals surface area contributed by atoms with E-state index >= 15 is 0 Å². The lowest BCUT2D eigenvalue weighted by Crippen LogP contribution is -2.49. The molecule has 0 spiro atoms. The molecule has 0 aliphatic carbocycles. The lowest BCUT2D eigenvalue weighted by Gasteiger charge is -2.21. The third-order valence-corrected chi connectivity index (χ3v) is 2.98. The molecule has 0 bridgehead atoms. The molecular weight excluding hydrogens is 262 g/mol. The van der Waals surface area contributed by atoms with Crippen LogP contribution in [-0.2, 0) is 14.3 Å². The van der Waals surface area contributed by atoms with E-state index in [1.807, 2.05) is 0 Å². The third kappa shape index (κ3) is 2.09. The predicted octanol–water partition coefficient (Wildman–Crippen LogP) is 0.803. The number of amides is 2. The molecule has 1 aliphatic heterocycles. The van der Waals surface area contributed by atoms with Crippen molar-refractivity contribution in [3.63, 3.8) is 0 Å². The van der Waals surface area contributed by atoms with E-state index in [2.05, 4.69) is 0 Å². The molecule has 2 rings (SSSR count). The summed E-state index contributed by atoms with van der Waals surface area (Å²) >= 11 is 0. The van der Waals surface area contributed by atoms with E-state index in [9.17, 15) is 19.2 Å². The lowest BCUT2D eigenvalue weighted by atomic mass is 10.1. The molecule has 1 aromatic carbocycles. The fraction of sp³-hybridized carbons (Fsp3) is 0.286. The Balaban J connectivity index is 2.42. The number of Topliss-reactive ketones (excluding diaryl/α,β-unsaturated/α-hetero) is 1. The van der Waals surface area contributed by atoms with E-state index in [4.69, 9.17) is 4.74 Å². The third-order valence-electron chi connectivity index (χ3n) is 2.98. The SMILES string of the molecule is CCOC(=O)[C@H](C(C)=O)N1C(=O)c2ccccc2C1=O. The maximum absolute atomic E-state index is 12.2. The Morgan fingerprint density at radius 3 is 2.05 bits per heavy atom. The topological polar surface area (TPSA) is 80.8 Å². The zero-order valence-corrected chi connectivity index (χ0v) is 11.1. The van der Waals surface area contributed by atoms with Crippen LogP contribution in [0.3, 0.4) is 0 Å². The monoisotopic (exact) mass is 275 g/mol. The predicted molar refractivity (Wildman–Crippen MR) is 68.0 cm³/mol. The number of imide groups is 1. The van der Waals surface area contributed by atoms with Crippen LogP contribution < -0.4 is 0 Å². The minimum atomic E-state index is -1.53. The van der Waals surface area contributed by atoms with Crippen molar-refractivity contribution in [3.8, 4) is 0 Å². The Morgan fingerprint density at radius 2 is 1.65 bits per heavy atom. The molecule has 6 nitrogen and oxygen atoms in total. The van der Waals surface area contributed by atoms with Crippen molar-refractivity contribution in [2.75, 3.05) is 6.61 Å². The van der Waals surface area contributed by atoms with Crippen molar-refractivity contribution in [1.82, 2.24) is 4.90 Å². The van der Waals surface area contributed by atoms with Crippen LogP contribution >= 0.6 is 0 Å². The normalized spacial score (nSPS) is 15.0. The quantitative estimate of drug-likeness (QED) is 0.461. The van der Waals surface area contributed by atoms with Crippen molar-refractivity contribution in [3.05, 3.63) is 35.4 Å². The van der Waals surface area contributed by atoms with E-state index in [0.717, 1.165) is 6.92 Å². The molecule has 20 heavy (non-hydrogen) atoms. The van der Waals surface area contributed by atoms with Gasteiger partial charge in [0.15, 0.2) is 11.8 Å². The van der Waals surface area contributed by atoms with Crippen LogP contribution in [0.1, 0.15) is 34.6 Å². The molecule has 0 aromatic heterocycles. The molecular formula is C14H13NO5. The van der Waals surface area contributed by atoms with Crippen molar-refractivity contribution in [2.24, 2.45) is 0 Å². The molecule has 0 saturated carbocycles. The first kappa shape index (κ1) is 13.9. The highest BCUT2D eigenvalue weighted by atomic mass is 16.5. The van der Waals surface area contributed by atoms with Crippen molar-refractivity contribution in [1.29, 1.82) is 0 Å². The van der Waals surface area contributed by atoms with Gasteiger partial charge in [-0.1, -0.05) is 12.1 Å². The van der Waals surface area contributed by atoms with E-state index < -0.39 is 29.6 Å². The lowest BCUT2D eigenvalue weighted by molar-refractivity contribution is -0.150. The summed E-state index contributed by atoms with van der Waals surface area (Å²) in [6.45, 7) is 2.79. The van der Waals surface area contributed by atoms with Crippen LogP contribution in [0, 0.1) is 0 Å². The van der Waals surface area contributed by atoms with E-state index in [0.29, 0.717) is 4.90 Å². The van der Waals surface area contributed by atoms with Crippen LogP contribution in [-0.4, -0.2) is 41.1 Å².